The Morgan fingerprint density at radius 1 is 1.21 bits per heavy atom. The molecule has 0 aliphatic heterocycles. The third-order valence-electron chi connectivity index (χ3n) is 3.52. The van der Waals surface area contributed by atoms with E-state index in [1.165, 1.54) is 18.2 Å². The Morgan fingerprint density at radius 2 is 2.04 bits per heavy atom. The molecular weight excluding hydrogens is 326 g/mol. The van der Waals surface area contributed by atoms with Crippen LogP contribution in [-0.2, 0) is 0 Å². The van der Waals surface area contributed by atoms with Crippen molar-refractivity contribution in [3.63, 3.8) is 0 Å². The molecule has 0 radical (unpaired) electrons. The number of fused-ring (bicyclic) bond motifs is 1. The predicted octanol–water partition coefficient (Wildman–Crippen LogP) is 3.60. The van der Waals surface area contributed by atoms with Gasteiger partial charge in [0.25, 0.3) is 11.6 Å². The molecule has 0 spiro atoms. The number of carbonyl (C=O) groups excluding carboxylic acids is 1. The van der Waals surface area contributed by atoms with E-state index >= 15 is 0 Å². The number of H-pyrrole nitrogens is 1. The van der Waals surface area contributed by atoms with Crippen molar-refractivity contribution in [1.29, 1.82) is 0 Å². The average molecular weight is 341 g/mol. The van der Waals surface area contributed by atoms with Crippen LogP contribution in [0.25, 0.3) is 10.9 Å². The molecule has 1 amide bonds. The standard InChI is InChI=1S/C17H15N3O3S/c21-17(12-4-3-5-13(10-12)20(22)23)18-8-9-24-16-11-19-15-7-2-1-6-14(15)16/h1-7,10-11,19H,8-9H2,(H,18,21). The van der Waals surface area contributed by atoms with E-state index in [2.05, 4.69) is 16.4 Å². The van der Waals surface area contributed by atoms with Gasteiger partial charge < -0.3 is 10.3 Å². The van der Waals surface area contributed by atoms with Crippen LogP contribution in [0.4, 0.5) is 5.69 Å². The number of aromatic amines is 1. The zero-order valence-electron chi connectivity index (χ0n) is 12.7. The maximum atomic E-state index is 12.0. The van der Waals surface area contributed by atoms with Crippen LogP contribution in [0.2, 0.25) is 0 Å². The van der Waals surface area contributed by atoms with Crippen molar-refractivity contribution in [3.05, 3.63) is 70.4 Å². The van der Waals surface area contributed by atoms with Crippen molar-refractivity contribution in [3.8, 4) is 0 Å². The van der Waals surface area contributed by atoms with Gasteiger partial charge in [0.2, 0.25) is 0 Å². The molecule has 7 heteroatoms. The molecule has 2 N–H and O–H groups in total. The highest BCUT2D eigenvalue weighted by Crippen LogP contribution is 2.27. The smallest absolute Gasteiger partial charge is 0.270 e. The molecular formula is C17H15N3O3S. The number of hydrogen-bond acceptors (Lipinski definition) is 4. The van der Waals surface area contributed by atoms with Crippen LogP contribution in [0, 0.1) is 10.1 Å². The SMILES string of the molecule is O=C(NCCSc1c[nH]c2ccccc12)c1cccc([N+](=O)[O-])c1. The van der Waals surface area contributed by atoms with Crippen molar-refractivity contribution < 1.29 is 9.72 Å². The molecule has 0 saturated heterocycles. The summed E-state index contributed by atoms with van der Waals surface area (Å²) < 4.78 is 0. The number of aromatic nitrogens is 1. The molecule has 24 heavy (non-hydrogen) atoms. The minimum absolute atomic E-state index is 0.0872. The Bertz CT molecular complexity index is 891. The van der Waals surface area contributed by atoms with Gasteiger partial charge in [0.15, 0.2) is 0 Å². The highest BCUT2D eigenvalue weighted by molar-refractivity contribution is 7.99. The molecule has 0 saturated carbocycles. The highest BCUT2D eigenvalue weighted by Gasteiger charge is 2.11. The molecule has 0 fully saturated rings. The number of nitrogens with zero attached hydrogens (tertiary/aromatic N) is 1. The van der Waals surface area contributed by atoms with Crippen LogP contribution in [0.1, 0.15) is 10.4 Å². The summed E-state index contributed by atoms with van der Waals surface area (Å²) in [7, 11) is 0. The molecule has 0 aliphatic rings. The number of benzene rings is 2. The first-order chi connectivity index (χ1) is 11.6. The van der Waals surface area contributed by atoms with Crippen LogP contribution in [0.5, 0.6) is 0 Å². The van der Waals surface area contributed by atoms with Gasteiger partial charge in [0.05, 0.1) is 4.92 Å². The van der Waals surface area contributed by atoms with Crippen molar-refractivity contribution in [2.75, 3.05) is 12.3 Å². The summed E-state index contributed by atoms with van der Waals surface area (Å²) in [6.07, 6.45) is 1.96. The summed E-state index contributed by atoms with van der Waals surface area (Å²) in [4.78, 5) is 26.6. The Morgan fingerprint density at radius 3 is 2.88 bits per heavy atom. The molecule has 1 heterocycles. The topological polar surface area (TPSA) is 88.0 Å². The first kappa shape index (κ1) is 16.1. The van der Waals surface area contributed by atoms with E-state index in [0.717, 1.165) is 15.8 Å². The van der Waals surface area contributed by atoms with Gasteiger partial charge in [0, 0.05) is 52.0 Å². The van der Waals surface area contributed by atoms with Gasteiger partial charge in [-0.1, -0.05) is 24.3 Å². The molecule has 0 bridgehead atoms. The summed E-state index contributed by atoms with van der Waals surface area (Å²) in [5, 5.41) is 14.7. The molecule has 2 aromatic carbocycles. The highest BCUT2D eigenvalue weighted by atomic mass is 32.2. The number of carbonyl (C=O) groups is 1. The first-order valence-electron chi connectivity index (χ1n) is 7.37. The molecule has 0 unspecified atom stereocenters. The summed E-state index contributed by atoms with van der Waals surface area (Å²) in [5.74, 6) is 0.404. The second-order valence-electron chi connectivity index (χ2n) is 5.11. The Balaban J connectivity index is 1.54. The Labute approximate surface area is 142 Å². The lowest BCUT2D eigenvalue weighted by molar-refractivity contribution is -0.384. The summed E-state index contributed by atoms with van der Waals surface area (Å²) in [6.45, 7) is 0.478. The lowest BCUT2D eigenvalue weighted by atomic mass is 10.2. The molecule has 6 nitrogen and oxygen atoms in total. The molecule has 1 aromatic heterocycles. The molecule has 0 aliphatic carbocycles. The van der Waals surface area contributed by atoms with E-state index in [-0.39, 0.29) is 11.6 Å². The van der Waals surface area contributed by atoms with Gasteiger partial charge in [-0.15, -0.1) is 11.8 Å². The number of nitro benzene ring substituents is 1. The van der Waals surface area contributed by atoms with E-state index in [4.69, 9.17) is 0 Å². The quantitative estimate of drug-likeness (QED) is 0.310. The van der Waals surface area contributed by atoms with E-state index in [9.17, 15) is 14.9 Å². The third-order valence-corrected chi connectivity index (χ3v) is 4.57. The fourth-order valence-corrected chi connectivity index (χ4v) is 3.25. The fourth-order valence-electron chi connectivity index (χ4n) is 2.35. The number of nitrogens with one attached hydrogen (secondary N) is 2. The second-order valence-corrected chi connectivity index (χ2v) is 6.25. The van der Waals surface area contributed by atoms with E-state index in [0.29, 0.717) is 17.9 Å². The van der Waals surface area contributed by atoms with Gasteiger partial charge in [-0.3, -0.25) is 14.9 Å². The number of para-hydroxylation sites is 1. The number of rotatable bonds is 6. The minimum Gasteiger partial charge on any atom is -0.360 e. The molecule has 3 rings (SSSR count). The van der Waals surface area contributed by atoms with Gasteiger partial charge >= 0.3 is 0 Å². The predicted molar refractivity (Wildman–Crippen MR) is 94.5 cm³/mol. The maximum Gasteiger partial charge on any atom is 0.270 e. The number of amides is 1. The van der Waals surface area contributed by atoms with Crippen LogP contribution in [0.3, 0.4) is 0 Å². The minimum atomic E-state index is -0.510. The second kappa shape index (κ2) is 7.18. The normalized spacial score (nSPS) is 10.7. The van der Waals surface area contributed by atoms with Crippen molar-refractivity contribution in [2.45, 2.75) is 4.90 Å². The summed E-state index contributed by atoms with van der Waals surface area (Å²) in [5.41, 5.74) is 1.29. The largest absolute Gasteiger partial charge is 0.360 e. The lowest BCUT2D eigenvalue weighted by Crippen LogP contribution is -2.25. The Hall–Kier alpha value is -2.80. The Kier molecular flexibility index (Phi) is 4.81. The van der Waals surface area contributed by atoms with Crippen molar-refractivity contribution in [2.24, 2.45) is 0 Å². The van der Waals surface area contributed by atoms with Gasteiger partial charge in [-0.2, -0.15) is 0 Å². The number of non-ortho nitro benzene ring substituents is 1. The van der Waals surface area contributed by atoms with Gasteiger partial charge in [0.1, 0.15) is 0 Å². The zero-order chi connectivity index (χ0) is 16.9. The summed E-state index contributed by atoms with van der Waals surface area (Å²) in [6, 6.07) is 13.8. The first-order valence-corrected chi connectivity index (χ1v) is 8.35. The van der Waals surface area contributed by atoms with E-state index in [1.807, 2.05) is 24.4 Å². The number of nitro groups is 1. The zero-order valence-corrected chi connectivity index (χ0v) is 13.5. The van der Waals surface area contributed by atoms with Crippen LogP contribution < -0.4 is 5.32 Å². The monoisotopic (exact) mass is 341 g/mol. The maximum absolute atomic E-state index is 12.0. The van der Waals surface area contributed by atoms with Gasteiger partial charge in [-0.05, 0) is 12.1 Å². The molecule has 0 atom stereocenters. The lowest BCUT2D eigenvalue weighted by Gasteiger charge is -2.05. The fraction of sp³-hybridized carbons (Fsp3) is 0.118. The summed E-state index contributed by atoms with van der Waals surface area (Å²) >= 11 is 1.65. The van der Waals surface area contributed by atoms with Gasteiger partial charge in [-0.25, -0.2) is 0 Å². The van der Waals surface area contributed by atoms with Crippen LogP contribution in [0.15, 0.2) is 59.6 Å². The molecule has 3 aromatic rings. The van der Waals surface area contributed by atoms with Crippen LogP contribution >= 0.6 is 11.8 Å². The molecule has 122 valence electrons. The number of hydrogen-bond donors (Lipinski definition) is 2. The van der Waals surface area contributed by atoms with E-state index in [1.54, 1.807) is 17.8 Å². The van der Waals surface area contributed by atoms with Crippen molar-refractivity contribution in [1.82, 2.24) is 10.3 Å². The average Bonchev–Trinajstić information content (AvgIpc) is 3.02. The van der Waals surface area contributed by atoms with Crippen molar-refractivity contribution >= 4 is 34.3 Å². The van der Waals surface area contributed by atoms with E-state index < -0.39 is 4.92 Å². The third kappa shape index (κ3) is 3.57. The number of thioether (sulfide) groups is 1. The van der Waals surface area contributed by atoms with Crippen LogP contribution in [-0.4, -0.2) is 28.1 Å².